The van der Waals surface area contributed by atoms with Gasteiger partial charge in [0.25, 0.3) is 5.91 Å². The van der Waals surface area contributed by atoms with Gasteiger partial charge in [0.2, 0.25) is 5.91 Å². The van der Waals surface area contributed by atoms with Crippen molar-refractivity contribution < 1.29 is 19.1 Å². The average Bonchev–Trinajstić information content (AvgIpc) is 3.40. The summed E-state index contributed by atoms with van der Waals surface area (Å²) in [7, 11) is 0. The molecule has 1 aliphatic heterocycles. The molecule has 0 radical (unpaired) electrons. The van der Waals surface area contributed by atoms with E-state index in [9.17, 15) is 19.1 Å². The van der Waals surface area contributed by atoms with Crippen LogP contribution in [-0.4, -0.2) is 63.0 Å². The van der Waals surface area contributed by atoms with Gasteiger partial charge in [-0.05, 0) is 42.5 Å². The Kier molecular flexibility index (Phi) is 7.83. The summed E-state index contributed by atoms with van der Waals surface area (Å²) < 4.78 is 13.3. The molecule has 1 unspecified atom stereocenters. The van der Waals surface area contributed by atoms with Crippen LogP contribution in [0.3, 0.4) is 0 Å². The third-order valence-electron chi connectivity index (χ3n) is 7.03. The van der Waals surface area contributed by atoms with E-state index in [0.29, 0.717) is 73.0 Å². The quantitative estimate of drug-likeness (QED) is 0.256. The molecule has 0 saturated carbocycles. The van der Waals surface area contributed by atoms with Crippen molar-refractivity contribution in [2.24, 2.45) is 5.92 Å². The molecule has 39 heavy (non-hydrogen) atoms. The Morgan fingerprint density at radius 1 is 1.08 bits per heavy atom. The van der Waals surface area contributed by atoms with Crippen LogP contribution in [0.25, 0.3) is 22.4 Å². The number of hydrogen-bond acceptors (Lipinski definition) is 6. The third-order valence-corrected chi connectivity index (χ3v) is 7.03. The molecule has 2 aromatic heterocycles. The number of nitrogens with zero attached hydrogens (tertiary/aromatic N) is 3. The van der Waals surface area contributed by atoms with Crippen LogP contribution >= 0.6 is 0 Å². The fraction of sp³-hybridized carbons (Fsp3) is 0.310. The van der Waals surface area contributed by atoms with Gasteiger partial charge in [0.15, 0.2) is 5.82 Å². The van der Waals surface area contributed by atoms with Gasteiger partial charge >= 0.3 is 0 Å². The summed E-state index contributed by atoms with van der Waals surface area (Å²) in [5, 5.41) is 17.5. The number of fused-ring (bicyclic) bond motifs is 1. The topological polar surface area (TPSA) is 123 Å². The van der Waals surface area contributed by atoms with Crippen LogP contribution in [0.1, 0.15) is 41.9 Å². The molecule has 0 spiro atoms. The Morgan fingerprint density at radius 2 is 1.79 bits per heavy atom. The summed E-state index contributed by atoms with van der Waals surface area (Å²) >= 11 is 0. The van der Waals surface area contributed by atoms with Gasteiger partial charge in [0, 0.05) is 38.7 Å². The number of likely N-dealkylation sites (tertiary alicyclic amines) is 1. The number of aliphatic hydroxyl groups is 1. The first-order valence-electron chi connectivity index (χ1n) is 13.1. The zero-order chi connectivity index (χ0) is 27.4. The van der Waals surface area contributed by atoms with Crippen LogP contribution in [0.4, 0.5) is 10.2 Å². The third kappa shape index (κ3) is 6.06. The molecular weight excluding hydrogens is 499 g/mol. The molecule has 0 aliphatic carbocycles. The SMILES string of the molecule is CC(=O)NCCNc1nc(-c2ccccc2)nc2[nH]c(C(=O)N3CCC(C(O)c4ccc(F)cc4)CC3)cc12. The van der Waals surface area contributed by atoms with E-state index in [4.69, 9.17) is 4.98 Å². The molecule has 5 rings (SSSR count). The number of aromatic nitrogens is 3. The van der Waals surface area contributed by atoms with Crippen molar-refractivity contribution in [2.45, 2.75) is 25.9 Å². The number of carbonyl (C=O) groups is 2. The highest BCUT2D eigenvalue weighted by Crippen LogP contribution is 2.32. The first-order valence-corrected chi connectivity index (χ1v) is 13.1. The van der Waals surface area contributed by atoms with Crippen molar-refractivity contribution in [1.82, 2.24) is 25.2 Å². The molecule has 3 heterocycles. The standard InChI is InChI=1S/C29H31FN6O3/c1-18(37)31-13-14-32-27-23-17-24(33-28(23)35-26(34-27)21-5-3-2-4-6-21)29(39)36-15-11-20(12-16-36)25(38)19-7-9-22(30)10-8-19/h2-10,17,20,25,38H,11-16H2,1H3,(H,31,37)(H2,32,33,34,35). The normalized spacial score (nSPS) is 14.8. The van der Waals surface area contributed by atoms with Crippen molar-refractivity contribution in [3.05, 3.63) is 77.7 Å². The van der Waals surface area contributed by atoms with Crippen LogP contribution in [-0.2, 0) is 4.79 Å². The van der Waals surface area contributed by atoms with E-state index in [1.54, 1.807) is 23.1 Å². The smallest absolute Gasteiger partial charge is 0.270 e. The molecule has 9 nitrogen and oxygen atoms in total. The predicted octanol–water partition coefficient (Wildman–Crippen LogP) is 3.90. The van der Waals surface area contributed by atoms with Gasteiger partial charge < -0.3 is 25.6 Å². The number of halogens is 1. The van der Waals surface area contributed by atoms with Gasteiger partial charge in [-0.2, -0.15) is 0 Å². The minimum Gasteiger partial charge on any atom is -0.388 e. The summed E-state index contributed by atoms with van der Waals surface area (Å²) in [6.07, 6.45) is 0.574. The van der Waals surface area contributed by atoms with E-state index in [-0.39, 0.29) is 23.5 Å². The van der Waals surface area contributed by atoms with Gasteiger partial charge in [-0.3, -0.25) is 9.59 Å². The van der Waals surface area contributed by atoms with E-state index < -0.39 is 6.10 Å². The molecular formula is C29H31FN6O3. The van der Waals surface area contributed by atoms with Gasteiger partial charge in [0.05, 0.1) is 11.5 Å². The lowest BCUT2D eigenvalue weighted by Crippen LogP contribution is -2.39. The number of aromatic amines is 1. The van der Waals surface area contributed by atoms with Crippen molar-refractivity contribution in [3.8, 4) is 11.4 Å². The molecule has 1 atom stereocenters. The maximum absolute atomic E-state index is 13.4. The fourth-order valence-electron chi connectivity index (χ4n) is 4.92. The van der Waals surface area contributed by atoms with E-state index in [1.165, 1.54) is 19.1 Å². The highest BCUT2D eigenvalue weighted by atomic mass is 19.1. The minimum atomic E-state index is -0.700. The first-order chi connectivity index (χ1) is 18.9. The largest absolute Gasteiger partial charge is 0.388 e. The lowest BCUT2D eigenvalue weighted by atomic mass is 9.87. The summed E-state index contributed by atoms with van der Waals surface area (Å²) in [6.45, 7) is 3.35. The van der Waals surface area contributed by atoms with Gasteiger partial charge in [0.1, 0.15) is 23.0 Å². The molecule has 0 bridgehead atoms. The van der Waals surface area contributed by atoms with Gasteiger partial charge in [-0.1, -0.05) is 42.5 Å². The number of hydrogen-bond donors (Lipinski definition) is 4. The molecule has 1 saturated heterocycles. The number of H-pyrrole nitrogens is 1. The Hall–Kier alpha value is -4.31. The van der Waals surface area contributed by atoms with Gasteiger partial charge in [-0.25, -0.2) is 14.4 Å². The summed E-state index contributed by atoms with van der Waals surface area (Å²) in [6, 6.07) is 17.2. The van der Waals surface area contributed by atoms with Crippen molar-refractivity contribution in [3.63, 3.8) is 0 Å². The van der Waals surface area contributed by atoms with Gasteiger partial charge in [-0.15, -0.1) is 0 Å². The number of rotatable bonds is 8. The number of amides is 2. The van der Waals surface area contributed by atoms with Crippen LogP contribution in [0, 0.1) is 11.7 Å². The maximum atomic E-state index is 13.4. The van der Waals surface area contributed by atoms with E-state index >= 15 is 0 Å². The first kappa shape index (κ1) is 26.3. The lowest BCUT2D eigenvalue weighted by molar-refractivity contribution is -0.118. The number of piperidine rings is 1. The second-order valence-electron chi connectivity index (χ2n) is 9.74. The zero-order valence-corrected chi connectivity index (χ0v) is 21.7. The highest BCUT2D eigenvalue weighted by molar-refractivity contribution is 6.00. The second-order valence-corrected chi connectivity index (χ2v) is 9.74. The second kappa shape index (κ2) is 11.6. The van der Waals surface area contributed by atoms with Crippen LogP contribution < -0.4 is 10.6 Å². The molecule has 2 amide bonds. The van der Waals surface area contributed by atoms with Crippen molar-refractivity contribution >= 4 is 28.7 Å². The summed E-state index contributed by atoms with van der Waals surface area (Å²) in [5.41, 5.74) is 2.47. The molecule has 202 valence electrons. The highest BCUT2D eigenvalue weighted by Gasteiger charge is 2.29. The number of carbonyl (C=O) groups excluding carboxylic acids is 2. The number of anilines is 1. The average molecular weight is 531 g/mol. The Bertz CT molecular complexity index is 1450. The molecule has 1 aliphatic rings. The molecule has 10 heteroatoms. The van der Waals surface area contributed by atoms with Crippen molar-refractivity contribution in [1.29, 1.82) is 0 Å². The minimum absolute atomic E-state index is 0.0130. The van der Waals surface area contributed by atoms with Crippen LogP contribution in [0.2, 0.25) is 0 Å². The van der Waals surface area contributed by atoms with Crippen LogP contribution in [0.15, 0.2) is 60.7 Å². The number of benzene rings is 2. The Morgan fingerprint density at radius 3 is 2.49 bits per heavy atom. The molecule has 4 aromatic rings. The molecule has 2 aromatic carbocycles. The van der Waals surface area contributed by atoms with E-state index in [2.05, 4.69) is 20.6 Å². The fourth-order valence-corrected chi connectivity index (χ4v) is 4.92. The van der Waals surface area contributed by atoms with E-state index in [0.717, 1.165) is 5.56 Å². The molecule has 4 N–H and O–H groups in total. The number of aliphatic hydroxyl groups excluding tert-OH is 1. The zero-order valence-electron chi connectivity index (χ0n) is 21.7. The summed E-state index contributed by atoms with van der Waals surface area (Å²) in [5.74, 6) is 0.478. The predicted molar refractivity (Wildman–Crippen MR) is 146 cm³/mol. The maximum Gasteiger partial charge on any atom is 0.270 e. The lowest BCUT2D eigenvalue weighted by Gasteiger charge is -2.34. The van der Waals surface area contributed by atoms with Crippen molar-refractivity contribution in [2.75, 3.05) is 31.5 Å². The monoisotopic (exact) mass is 530 g/mol. The summed E-state index contributed by atoms with van der Waals surface area (Å²) in [4.78, 5) is 39.0. The molecule has 1 fully saturated rings. The van der Waals surface area contributed by atoms with Crippen LogP contribution in [0.5, 0.6) is 0 Å². The Balaban J connectivity index is 1.33. The van der Waals surface area contributed by atoms with E-state index in [1.807, 2.05) is 30.3 Å². The Labute approximate surface area is 225 Å². The number of nitrogens with one attached hydrogen (secondary N) is 3.